The first-order chi connectivity index (χ1) is 16.0. The Kier molecular flexibility index (Phi) is 6.87. The van der Waals surface area contributed by atoms with Crippen molar-refractivity contribution in [1.82, 2.24) is 20.4 Å². The quantitative estimate of drug-likeness (QED) is 0.569. The maximum absolute atomic E-state index is 13.5. The van der Waals surface area contributed by atoms with E-state index in [1.165, 1.54) is 30.6 Å². The van der Waals surface area contributed by atoms with Crippen LogP contribution in [0.1, 0.15) is 47.5 Å². The predicted molar refractivity (Wildman–Crippen MR) is 117 cm³/mol. The van der Waals surface area contributed by atoms with Crippen molar-refractivity contribution in [3.8, 4) is 6.07 Å². The third-order valence-electron chi connectivity index (χ3n) is 7.45. The molecule has 0 aromatic heterocycles. The minimum absolute atomic E-state index is 0.0193. The number of carbonyl (C=O) groups excluding carboxylic acids is 4. The summed E-state index contributed by atoms with van der Waals surface area (Å²) in [5.74, 6) is -3.98. The van der Waals surface area contributed by atoms with Gasteiger partial charge in [0.25, 0.3) is 0 Å². The lowest BCUT2D eigenvalue weighted by atomic mass is 9.85. The highest BCUT2D eigenvalue weighted by Gasteiger charge is 2.70. The summed E-state index contributed by atoms with van der Waals surface area (Å²) in [6, 6.07) is -1.53. The smallest absolute Gasteiger partial charge is 0.340 e. The molecule has 3 fully saturated rings. The number of piperidine rings is 1. The van der Waals surface area contributed by atoms with E-state index in [0.717, 1.165) is 0 Å². The van der Waals surface area contributed by atoms with E-state index in [1.54, 1.807) is 5.32 Å². The van der Waals surface area contributed by atoms with Crippen molar-refractivity contribution >= 4 is 23.6 Å². The second-order valence-electron chi connectivity index (χ2n) is 11.3. The van der Waals surface area contributed by atoms with Gasteiger partial charge in [-0.25, -0.2) is 0 Å². The number of nitrogens with one attached hydrogen (secondary N) is 2. The molecule has 4 amide bonds. The molecule has 0 spiro atoms. The summed E-state index contributed by atoms with van der Waals surface area (Å²) in [5, 5.41) is 14.0. The molecule has 2 saturated heterocycles. The van der Waals surface area contributed by atoms with E-state index in [9.17, 15) is 37.6 Å². The summed E-state index contributed by atoms with van der Waals surface area (Å²) in [7, 11) is 0. The third-order valence-corrected chi connectivity index (χ3v) is 7.45. The molecule has 1 unspecified atom stereocenters. The maximum Gasteiger partial charge on any atom is 0.471 e. The summed E-state index contributed by atoms with van der Waals surface area (Å²) in [5.41, 5.74) is -1.33. The summed E-state index contributed by atoms with van der Waals surface area (Å²) >= 11 is 0. The number of nitrogens with zero attached hydrogens (tertiary/aromatic N) is 3. The number of carbonyl (C=O) groups is 4. The van der Waals surface area contributed by atoms with Crippen LogP contribution >= 0.6 is 0 Å². The van der Waals surface area contributed by atoms with Gasteiger partial charge in [0.2, 0.25) is 17.7 Å². The summed E-state index contributed by atoms with van der Waals surface area (Å²) in [6.45, 7) is 9.15. The predicted octanol–water partition coefficient (Wildman–Crippen LogP) is 1.19. The van der Waals surface area contributed by atoms with Crippen LogP contribution in [0.2, 0.25) is 0 Å². The van der Waals surface area contributed by atoms with Gasteiger partial charge in [0, 0.05) is 19.5 Å². The molecule has 12 heteroatoms. The summed E-state index contributed by atoms with van der Waals surface area (Å²) < 4.78 is 38.8. The van der Waals surface area contributed by atoms with Crippen molar-refractivity contribution in [3.63, 3.8) is 0 Å². The van der Waals surface area contributed by atoms with Gasteiger partial charge in [0.1, 0.15) is 18.1 Å². The number of fused-ring (bicyclic) bond motifs is 1. The fourth-order valence-electron chi connectivity index (χ4n) is 5.33. The fourth-order valence-corrected chi connectivity index (χ4v) is 5.33. The molecule has 5 atom stereocenters. The number of hydrogen-bond acceptors (Lipinski definition) is 5. The summed E-state index contributed by atoms with van der Waals surface area (Å²) in [6.07, 6.45) is -4.11. The van der Waals surface area contributed by atoms with Crippen molar-refractivity contribution in [1.29, 1.82) is 5.26 Å². The molecule has 3 rings (SSSR count). The number of amides is 4. The lowest BCUT2D eigenvalue weighted by molar-refractivity contribution is -0.176. The molecule has 2 heterocycles. The van der Waals surface area contributed by atoms with E-state index >= 15 is 0 Å². The molecule has 2 N–H and O–H groups in total. The van der Waals surface area contributed by atoms with Crippen LogP contribution in [-0.4, -0.2) is 77.4 Å². The van der Waals surface area contributed by atoms with Crippen LogP contribution in [0.4, 0.5) is 13.2 Å². The molecule has 1 aliphatic carbocycles. The second kappa shape index (κ2) is 8.99. The molecular formula is C23H32F3N5O4. The normalized spacial score (nSPS) is 27.1. The molecule has 0 aromatic rings. The SMILES string of the molecule is CC(C)(C)[C@H](NC(=O)C(F)(F)F)C(=O)N1C[C@H]2[C@@H]([C@H]1C(=O)NC(C#N)CN1CCCC1=O)C2(C)C. The minimum Gasteiger partial charge on any atom is -0.340 e. The standard InChI is InChI=1S/C23H32F3N5O4/c1-21(2,3)17(29-20(35)23(24,25)26)19(34)31-11-13-15(22(13,4)5)16(31)18(33)28-12(9-27)10-30-8-6-7-14(30)32/h12-13,15-17H,6-8,10-11H2,1-5H3,(H,28,33)(H,29,35)/t12?,13-,15-,16-,17+/m0/s1. The van der Waals surface area contributed by atoms with E-state index in [-0.39, 0.29) is 36.2 Å². The molecule has 3 aliphatic rings. The zero-order valence-corrected chi connectivity index (χ0v) is 20.5. The highest BCUT2D eigenvalue weighted by atomic mass is 19.4. The molecule has 9 nitrogen and oxygen atoms in total. The number of alkyl halides is 3. The Morgan fingerprint density at radius 2 is 1.83 bits per heavy atom. The average molecular weight is 500 g/mol. The molecular weight excluding hydrogens is 467 g/mol. The van der Waals surface area contributed by atoms with Gasteiger partial charge in [-0.2, -0.15) is 18.4 Å². The topological polar surface area (TPSA) is 123 Å². The highest BCUT2D eigenvalue weighted by molar-refractivity contribution is 5.95. The number of likely N-dealkylation sites (tertiary alicyclic amines) is 2. The number of rotatable bonds is 6. The van der Waals surface area contributed by atoms with Crippen molar-refractivity contribution in [2.45, 2.75) is 71.8 Å². The van der Waals surface area contributed by atoms with E-state index in [1.807, 2.05) is 19.9 Å². The zero-order valence-electron chi connectivity index (χ0n) is 20.5. The lowest BCUT2D eigenvalue weighted by Gasteiger charge is -2.38. The molecule has 2 aliphatic heterocycles. The molecule has 0 radical (unpaired) electrons. The monoisotopic (exact) mass is 499 g/mol. The van der Waals surface area contributed by atoms with Crippen molar-refractivity contribution in [2.24, 2.45) is 22.7 Å². The zero-order chi connectivity index (χ0) is 26.5. The van der Waals surface area contributed by atoms with Crippen molar-refractivity contribution in [3.05, 3.63) is 0 Å². The van der Waals surface area contributed by atoms with E-state index < -0.39 is 47.4 Å². The third kappa shape index (κ3) is 5.23. The Morgan fingerprint density at radius 1 is 1.20 bits per heavy atom. The van der Waals surface area contributed by atoms with Crippen LogP contribution in [-0.2, 0) is 19.2 Å². The van der Waals surface area contributed by atoms with E-state index in [0.29, 0.717) is 19.4 Å². The molecule has 194 valence electrons. The van der Waals surface area contributed by atoms with Crippen LogP contribution in [0.15, 0.2) is 0 Å². The van der Waals surface area contributed by atoms with Crippen LogP contribution in [0, 0.1) is 34.0 Å². The van der Waals surface area contributed by atoms with Gasteiger partial charge in [0.05, 0.1) is 12.6 Å². The average Bonchev–Trinajstić information content (AvgIpc) is 3.10. The van der Waals surface area contributed by atoms with Gasteiger partial charge >= 0.3 is 12.1 Å². The van der Waals surface area contributed by atoms with Crippen LogP contribution in [0.3, 0.4) is 0 Å². The maximum atomic E-state index is 13.5. The number of hydrogen-bond donors (Lipinski definition) is 2. The van der Waals surface area contributed by atoms with Gasteiger partial charge in [0.15, 0.2) is 0 Å². The summed E-state index contributed by atoms with van der Waals surface area (Å²) in [4.78, 5) is 53.1. The van der Waals surface area contributed by atoms with Gasteiger partial charge in [-0.05, 0) is 29.1 Å². The number of halogens is 3. The van der Waals surface area contributed by atoms with Crippen LogP contribution in [0.25, 0.3) is 0 Å². The fraction of sp³-hybridized carbons (Fsp3) is 0.783. The number of nitriles is 1. The van der Waals surface area contributed by atoms with Crippen molar-refractivity contribution in [2.75, 3.05) is 19.6 Å². The highest BCUT2D eigenvalue weighted by Crippen LogP contribution is 2.65. The molecule has 35 heavy (non-hydrogen) atoms. The van der Waals surface area contributed by atoms with Gasteiger partial charge in [-0.3, -0.25) is 19.2 Å². The van der Waals surface area contributed by atoms with E-state index in [4.69, 9.17) is 0 Å². The molecule has 1 saturated carbocycles. The molecule has 0 aromatic carbocycles. The van der Waals surface area contributed by atoms with Crippen LogP contribution in [0.5, 0.6) is 0 Å². The Bertz CT molecular complexity index is 952. The Hall–Kier alpha value is -2.84. The Labute approximate surface area is 202 Å². The van der Waals surface area contributed by atoms with Gasteiger partial charge in [-0.1, -0.05) is 34.6 Å². The van der Waals surface area contributed by atoms with Gasteiger partial charge < -0.3 is 20.4 Å². The lowest BCUT2D eigenvalue weighted by Crippen LogP contribution is -2.61. The Balaban J connectivity index is 1.81. The minimum atomic E-state index is -5.16. The van der Waals surface area contributed by atoms with Crippen molar-refractivity contribution < 1.29 is 32.3 Å². The first-order valence-electron chi connectivity index (χ1n) is 11.7. The largest absolute Gasteiger partial charge is 0.471 e. The first-order valence-corrected chi connectivity index (χ1v) is 11.7. The Morgan fingerprint density at radius 3 is 2.31 bits per heavy atom. The molecule has 0 bridgehead atoms. The second-order valence-corrected chi connectivity index (χ2v) is 11.3. The van der Waals surface area contributed by atoms with Crippen LogP contribution < -0.4 is 10.6 Å². The van der Waals surface area contributed by atoms with Gasteiger partial charge in [-0.15, -0.1) is 0 Å². The van der Waals surface area contributed by atoms with E-state index in [2.05, 4.69) is 5.32 Å². The first kappa shape index (κ1) is 26.8.